The number of nitrogens with one attached hydrogen (secondary N) is 1. The molecule has 0 spiro atoms. The first-order valence-electron chi connectivity index (χ1n) is 5.98. The van der Waals surface area contributed by atoms with Gasteiger partial charge in [-0.2, -0.15) is 0 Å². The minimum absolute atomic E-state index is 0. The smallest absolute Gasteiger partial charge is 0.251 e. The number of rotatable bonds is 3. The standard InChI is InChI=1S/C14H17N3O.2ClH/c1-9(8-15)10-4-3-5-11-12(14(18)16-2)6-7-17-13(10)11;;/h3-7,9H,8,15H2,1-2H3,(H,16,18);2*1H. The molecule has 110 valence electrons. The normalized spacial score (nSPS) is 11.2. The van der Waals surface area contributed by atoms with Crippen LogP contribution in [0.1, 0.15) is 28.8 Å². The van der Waals surface area contributed by atoms with E-state index in [1.165, 1.54) is 0 Å². The molecule has 4 nitrogen and oxygen atoms in total. The molecule has 1 amide bonds. The number of hydrogen-bond donors (Lipinski definition) is 2. The van der Waals surface area contributed by atoms with E-state index >= 15 is 0 Å². The molecule has 0 bridgehead atoms. The summed E-state index contributed by atoms with van der Waals surface area (Å²) in [5.74, 6) is 0.126. The van der Waals surface area contributed by atoms with Crippen molar-refractivity contribution >= 4 is 41.6 Å². The average molecular weight is 316 g/mol. The Kier molecular flexibility index (Phi) is 7.50. The van der Waals surface area contributed by atoms with E-state index in [4.69, 9.17) is 5.73 Å². The molecule has 20 heavy (non-hydrogen) atoms. The van der Waals surface area contributed by atoms with Gasteiger partial charge in [0.1, 0.15) is 0 Å². The molecule has 2 rings (SSSR count). The molecule has 1 aromatic heterocycles. The van der Waals surface area contributed by atoms with E-state index in [2.05, 4.69) is 17.2 Å². The van der Waals surface area contributed by atoms with Gasteiger partial charge in [0, 0.05) is 18.6 Å². The average Bonchev–Trinajstić information content (AvgIpc) is 2.44. The fourth-order valence-corrected chi connectivity index (χ4v) is 2.06. The van der Waals surface area contributed by atoms with Crippen LogP contribution in [0, 0.1) is 0 Å². The van der Waals surface area contributed by atoms with Gasteiger partial charge in [-0.3, -0.25) is 9.78 Å². The van der Waals surface area contributed by atoms with Crippen LogP contribution in [0.4, 0.5) is 0 Å². The van der Waals surface area contributed by atoms with Crippen molar-refractivity contribution in [2.75, 3.05) is 13.6 Å². The zero-order valence-corrected chi connectivity index (χ0v) is 13.1. The summed E-state index contributed by atoms with van der Waals surface area (Å²) in [6, 6.07) is 7.61. The molecule has 1 atom stereocenters. The number of amides is 1. The quantitative estimate of drug-likeness (QED) is 0.914. The third-order valence-corrected chi connectivity index (χ3v) is 3.16. The number of nitrogens with zero attached hydrogens (tertiary/aromatic N) is 1. The Balaban J connectivity index is 0.00000180. The van der Waals surface area contributed by atoms with E-state index in [9.17, 15) is 4.79 Å². The van der Waals surface area contributed by atoms with Crippen molar-refractivity contribution in [1.29, 1.82) is 0 Å². The van der Waals surface area contributed by atoms with Crippen LogP contribution in [-0.4, -0.2) is 24.5 Å². The number of aromatic nitrogens is 1. The Morgan fingerprint density at radius 1 is 1.35 bits per heavy atom. The first kappa shape index (κ1) is 18.6. The van der Waals surface area contributed by atoms with Crippen LogP contribution in [0.3, 0.4) is 0 Å². The lowest BCUT2D eigenvalue weighted by Gasteiger charge is -2.13. The van der Waals surface area contributed by atoms with E-state index in [1.54, 1.807) is 19.3 Å². The van der Waals surface area contributed by atoms with Gasteiger partial charge in [0.05, 0.1) is 11.1 Å². The third-order valence-electron chi connectivity index (χ3n) is 3.16. The predicted molar refractivity (Wildman–Crippen MR) is 87.1 cm³/mol. The summed E-state index contributed by atoms with van der Waals surface area (Å²) in [7, 11) is 1.63. The summed E-state index contributed by atoms with van der Waals surface area (Å²) in [6.07, 6.45) is 1.67. The molecular weight excluding hydrogens is 297 g/mol. The molecule has 0 radical (unpaired) electrons. The second-order valence-corrected chi connectivity index (χ2v) is 4.32. The van der Waals surface area contributed by atoms with Crippen LogP contribution < -0.4 is 11.1 Å². The number of para-hydroxylation sites is 1. The number of hydrogen-bond acceptors (Lipinski definition) is 3. The van der Waals surface area contributed by atoms with Gasteiger partial charge in [-0.25, -0.2) is 0 Å². The van der Waals surface area contributed by atoms with E-state index in [1.807, 2.05) is 18.2 Å². The fraction of sp³-hybridized carbons (Fsp3) is 0.286. The van der Waals surface area contributed by atoms with E-state index < -0.39 is 0 Å². The first-order chi connectivity index (χ1) is 8.69. The molecule has 0 fully saturated rings. The molecule has 0 aliphatic heterocycles. The Morgan fingerprint density at radius 2 is 2.05 bits per heavy atom. The van der Waals surface area contributed by atoms with Gasteiger partial charge in [-0.15, -0.1) is 24.8 Å². The monoisotopic (exact) mass is 315 g/mol. The van der Waals surface area contributed by atoms with E-state index in [0.717, 1.165) is 16.5 Å². The lowest BCUT2D eigenvalue weighted by Crippen LogP contribution is -2.18. The highest BCUT2D eigenvalue weighted by atomic mass is 35.5. The molecule has 3 N–H and O–H groups in total. The maximum atomic E-state index is 11.8. The molecule has 0 aliphatic carbocycles. The minimum atomic E-state index is -0.0973. The Hall–Kier alpha value is -1.36. The predicted octanol–water partition coefficient (Wildman–Crippen LogP) is 2.50. The highest BCUT2D eigenvalue weighted by Gasteiger charge is 2.13. The van der Waals surface area contributed by atoms with Crippen molar-refractivity contribution in [3.63, 3.8) is 0 Å². The second-order valence-electron chi connectivity index (χ2n) is 4.32. The molecule has 0 saturated heterocycles. The zero-order valence-electron chi connectivity index (χ0n) is 11.4. The van der Waals surface area contributed by atoms with Crippen LogP contribution in [0.15, 0.2) is 30.5 Å². The number of fused-ring (bicyclic) bond motifs is 1. The lowest BCUT2D eigenvalue weighted by atomic mass is 9.96. The van der Waals surface area contributed by atoms with Gasteiger partial charge in [-0.05, 0) is 24.1 Å². The Bertz CT molecular complexity index is 590. The van der Waals surface area contributed by atoms with Crippen LogP contribution in [-0.2, 0) is 0 Å². The van der Waals surface area contributed by atoms with Gasteiger partial charge in [0.15, 0.2) is 0 Å². The van der Waals surface area contributed by atoms with E-state index in [0.29, 0.717) is 12.1 Å². The number of carbonyl (C=O) groups is 1. The number of nitrogens with two attached hydrogens (primary N) is 1. The largest absolute Gasteiger partial charge is 0.355 e. The second kappa shape index (κ2) is 8.04. The van der Waals surface area contributed by atoms with Gasteiger partial charge in [-0.1, -0.05) is 25.1 Å². The Morgan fingerprint density at radius 3 is 2.65 bits per heavy atom. The molecule has 1 unspecified atom stereocenters. The van der Waals surface area contributed by atoms with Gasteiger partial charge in [0.2, 0.25) is 0 Å². The van der Waals surface area contributed by atoms with Crippen molar-refractivity contribution in [3.8, 4) is 0 Å². The van der Waals surface area contributed by atoms with Gasteiger partial charge >= 0.3 is 0 Å². The summed E-state index contributed by atoms with van der Waals surface area (Å²) >= 11 is 0. The summed E-state index contributed by atoms with van der Waals surface area (Å²) in [5, 5.41) is 3.51. The SMILES string of the molecule is CNC(=O)c1ccnc2c(C(C)CN)cccc12.Cl.Cl. The molecule has 1 heterocycles. The number of halogens is 2. The molecule has 6 heteroatoms. The summed E-state index contributed by atoms with van der Waals surface area (Å²) in [6.45, 7) is 2.62. The highest BCUT2D eigenvalue weighted by molar-refractivity contribution is 6.06. The summed E-state index contributed by atoms with van der Waals surface area (Å²) in [5.41, 5.74) is 8.30. The van der Waals surface area contributed by atoms with Crippen LogP contribution in [0.5, 0.6) is 0 Å². The highest BCUT2D eigenvalue weighted by Crippen LogP contribution is 2.25. The van der Waals surface area contributed by atoms with Crippen molar-refractivity contribution in [3.05, 3.63) is 41.6 Å². The van der Waals surface area contributed by atoms with Gasteiger partial charge in [0.25, 0.3) is 5.91 Å². The van der Waals surface area contributed by atoms with Crippen molar-refractivity contribution in [2.45, 2.75) is 12.8 Å². The Labute approximate surface area is 131 Å². The maximum Gasteiger partial charge on any atom is 0.251 e. The molecule has 2 aromatic rings. The zero-order chi connectivity index (χ0) is 13.1. The summed E-state index contributed by atoms with van der Waals surface area (Å²) < 4.78 is 0. The minimum Gasteiger partial charge on any atom is -0.355 e. The van der Waals surface area contributed by atoms with Crippen molar-refractivity contribution < 1.29 is 4.79 Å². The number of pyridine rings is 1. The summed E-state index contributed by atoms with van der Waals surface area (Å²) in [4.78, 5) is 16.2. The number of carbonyl (C=O) groups excluding carboxylic acids is 1. The molecular formula is C14H19Cl2N3O. The van der Waals surface area contributed by atoms with Crippen molar-refractivity contribution in [2.24, 2.45) is 5.73 Å². The van der Waals surface area contributed by atoms with E-state index in [-0.39, 0.29) is 36.6 Å². The third kappa shape index (κ3) is 3.39. The lowest BCUT2D eigenvalue weighted by molar-refractivity contribution is 0.0964. The molecule has 0 saturated carbocycles. The number of benzene rings is 1. The van der Waals surface area contributed by atoms with Crippen LogP contribution >= 0.6 is 24.8 Å². The maximum absolute atomic E-state index is 11.8. The topological polar surface area (TPSA) is 68.0 Å². The van der Waals surface area contributed by atoms with Crippen LogP contribution in [0.2, 0.25) is 0 Å². The fourth-order valence-electron chi connectivity index (χ4n) is 2.06. The van der Waals surface area contributed by atoms with Gasteiger partial charge < -0.3 is 11.1 Å². The van der Waals surface area contributed by atoms with Crippen molar-refractivity contribution in [1.82, 2.24) is 10.3 Å². The van der Waals surface area contributed by atoms with Crippen LogP contribution in [0.25, 0.3) is 10.9 Å². The molecule has 0 aliphatic rings. The first-order valence-corrected chi connectivity index (χ1v) is 5.98. The molecule has 1 aromatic carbocycles.